The van der Waals surface area contributed by atoms with Gasteiger partial charge >= 0.3 is 0 Å². The van der Waals surface area contributed by atoms with Gasteiger partial charge in [-0.3, -0.25) is 0 Å². The fourth-order valence-electron chi connectivity index (χ4n) is 1.50. The van der Waals surface area contributed by atoms with Crippen LogP contribution in [0.25, 0.3) is 0 Å². The van der Waals surface area contributed by atoms with Crippen LogP contribution in [0.3, 0.4) is 0 Å². The van der Waals surface area contributed by atoms with Gasteiger partial charge in [0.15, 0.2) is 5.82 Å². The molecule has 4 nitrogen and oxygen atoms in total. The van der Waals surface area contributed by atoms with Crippen LogP contribution in [0.5, 0.6) is 0 Å². The first-order valence-corrected chi connectivity index (χ1v) is 7.83. The summed E-state index contributed by atoms with van der Waals surface area (Å²) in [6.45, 7) is 2.08. The zero-order valence-electron chi connectivity index (χ0n) is 10.9. The van der Waals surface area contributed by atoms with Crippen molar-refractivity contribution in [3.8, 4) is 0 Å². The summed E-state index contributed by atoms with van der Waals surface area (Å²) in [7, 11) is 1.92. The number of aromatic nitrogens is 2. The summed E-state index contributed by atoms with van der Waals surface area (Å²) in [6.07, 6.45) is 0.753. The van der Waals surface area contributed by atoms with Crippen molar-refractivity contribution >= 4 is 27.7 Å². The summed E-state index contributed by atoms with van der Waals surface area (Å²) in [5.41, 5.74) is 0. The van der Waals surface area contributed by atoms with Crippen molar-refractivity contribution in [3.63, 3.8) is 0 Å². The minimum absolute atomic E-state index is 0.337. The molecule has 1 unspecified atom stereocenters. The Bertz CT molecular complexity index is 532. The highest BCUT2D eigenvalue weighted by Gasteiger charge is 2.10. The first-order valence-electron chi connectivity index (χ1n) is 6.05. The highest BCUT2D eigenvalue weighted by Crippen LogP contribution is 2.28. The number of nitrogens with zero attached hydrogens (tertiary/aromatic N) is 2. The molecule has 6 heteroatoms. The number of benzene rings is 1. The molecule has 102 valence electrons. The number of rotatable bonds is 6. The number of nitrogens with one attached hydrogen (secondary N) is 1. The van der Waals surface area contributed by atoms with Gasteiger partial charge in [-0.25, -0.2) is 0 Å². The second-order valence-electron chi connectivity index (χ2n) is 4.22. The van der Waals surface area contributed by atoms with Crippen molar-refractivity contribution in [2.24, 2.45) is 0 Å². The largest absolute Gasteiger partial charge is 0.339 e. The number of halogens is 1. The molecule has 19 heavy (non-hydrogen) atoms. The van der Waals surface area contributed by atoms with E-state index in [2.05, 4.69) is 44.4 Å². The Hall–Kier alpha value is -0.850. The lowest BCUT2D eigenvalue weighted by molar-refractivity contribution is 0.362. The normalized spacial score (nSPS) is 12.6. The minimum atomic E-state index is 0.337. The molecule has 0 radical (unpaired) electrons. The molecule has 0 amide bonds. The van der Waals surface area contributed by atoms with Crippen molar-refractivity contribution in [2.45, 2.75) is 30.0 Å². The van der Waals surface area contributed by atoms with E-state index in [4.69, 9.17) is 4.52 Å². The summed E-state index contributed by atoms with van der Waals surface area (Å²) in [6, 6.07) is 8.45. The van der Waals surface area contributed by atoms with E-state index in [0.29, 0.717) is 17.7 Å². The fourth-order valence-corrected chi connectivity index (χ4v) is 2.91. The van der Waals surface area contributed by atoms with E-state index >= 15 is 0 Å². The van der Waals surface area contributed by atoms with E-state index in [9.17, 15) is 0 Å². The van der Waals surface area contributed by atoms with Crippen molar-refractivity contribution in [1.29, 1.82) is 0 Å². The molecular formula is C13H16BrN3OS. The number of hydrogen-bond acceptors (Lipinski definition) is 5. The molecule has 2 rings (SSSR count). The quantitative estimate of drug-likeness (QED) is 0.817. The van der Waals surface area contributed by atoms with Gasteiger partial charge in [-0.1, -0.05) is 17.3 Å². The molecule has 0 bridgehead atoms. The van der Waals surface area contributed by atoms with Gasteiger partial charge in [0.25, 0.3) is 0 Å². The lowest BCUT2D eigenvalue weighted by atomic mass is 10.2. The Labute approximate surface area is 125 Å². The Morgan fingerprint density at radius 3 is 2.95 bits per heavy atom. The molecule has 1 N–H and O–H groups in total. The van der Waals surface area contributed by atoms with Gasteiger partial charge < -0.3 is 9.84 Å². The maximum Gasteiger partial charge on any atom is 0.228 e. The van der Waals surface area contributed by atoms with E-state index in [0.717, 1.165) is 16.7 Å². The number of likely N-dealkylation sites (N-methyl/N-ethyl adjacent to an activating group) is 1. The summed E-state index contributed by atoms with van der Waals surface area (Å²) < 4.78 is 6.32. The lowest BCUT2D eigenvalue weighted by Crippen LogP contribution is -2.23. The van der Waals surface area contributed by atoms with Crippen LogP contribution in [0.2, 0.25) is 0 Å². The first-order chi connectivity index (χ1) is 9.19. The lowest BCUT2D eigenvalue weighted by Gasteiger charge is -2.04. The highest BCUT2D eigenvalue weighted by atomic mass is 79.9. The molecule has 1 aromatic heterocycles. The van der Waals surface area contributed by atoms with Crippen LogP contribution >= 0.6 is 27.7 Å². The Kier molecular flexibility index (Phi) is 5.42. The van der Waals surface area contributed by atoms with Crippen LogP contribution < -0.4 is 5.32 Å². The summed E-state index contributed by atoms with van der Waals surface area (Å²) in [5, 5.41) is 7.15. The Morgan fingerprint density at radius 1 is 1.42 bits per heavy atom. The third-order valence-corrected chi connectivity index (χ3v) is 4.70. The van der Waals surface area contributed by atoms with Crippen molar-refractivity contribution in [2.75, 3.05) is 7.05 Å². The molecule has 1 heterocycles. The number of thioether (sulfide) groups is 1. The van der Waals surface area contributed by atoms with Crippen LogP contribution in [-0.2, 0) is 12.2 Å². The van der Waals surface area contributed by atoms with E-state index in [1.54, 1.807) is 11.8 Å². The summed E-state index contributed by atoms with van der Waals surface area (Å²) >= 11 is 5.21. The Morgan fingerprint density at radius 2 is 2.21 bits per heavy atom. The highest BCUT2D eigenvalue weighted by molar-refractivity contribution is 9.10. The van der Waals surface area contributed by atoms with Crippen molar-refractivity contribution in [3.05, 3.63) is 40.5 Å². The van der Waals surface area contributed by atoms with Crippen molar-refractivity contribution in [1.82, 2.24) is 15.5 Å². The van der Waals surface area contributed by atoms with Crippen LogP contribution in [0.1, 0.15) is 18.6 Å². The third kappa shape index (κ3) is 4.33. The fraction of sp³-hybridized carbons (Fsp3) is 0.385. The predicted molar refractivity (Wildman–Crippen MR) is 80.2 cm³/mol. The molecule has 0 aliphatic carbocycles. The smallest absolute Gasteiger partial charge is 0.228 e. The molecule has 0 aliphatic rings. The molecule has 0 spiro atoms. The van der Waals surface area contributed by atoms with E-state index in [1.807, 2.05) is 25.2 Å². The zero-order chi connectivity index (χ0) is 13.7. The standard InChI is InChI=1S/C13H16BrN3OS/c1-9(15-2)7-13-16-12(17-18-13)8-19-11-6-4-3-5-10(11)14/h3-6,9,15H,7-8H2,1-2H3. The first kappa shape index (κ1) is 14.6. The van der Waals surface area contributed by atoms with Gasteiger partial charge in [0.2, 0.25) is 5.89 Å². The van der Waals surface area contributed by atoms with E-state index in [-0.39, 0.29) is 0 Å². The summed E-state index contributed by atoms with van der Waals surface area (Å²) in [5.74, 6) is 2.13. The van der Waals surface area contributed by atoms with E-state index < -0.39 is 0 Å². The average molecular weight is 342 g/mol. The third-order valence-electron chi connectivity index (χ3n) is 2.68. The van der Waals surface area contributed by atoms with Gasteiger partial charge in [-0.15, -0.1) is 11.8 Å². The maximum absolute atomic E-state index is 5.23. The van der Waals surface area contributed by atoms with Crippen LogP contribution in [0.4, 0.5) is 0 Å². The predicted octanol–water partition coefficient (Wildman–Crippen LogP) is 3.27. The molecular weight excluding hydrogens is 326 g/mol. The van der Waals surface area contributed by atoms with Gasteiger partial charge in [-0.05, 0) is 42.0 Å². The van der Waals surface area contributed by atoms with Crippen LogP contribution in [0, 0.1) is 0 Å². The van der Waals surface area contributed by atoms with Gasteiger partial charge in [-0.2, -0.15) is 4.98 Å². The monoisotopic (exact) mass is 341 g/mol. The van der Waals surface area contributed by atoms with Crippen LogP contribution in [-0.4, -0.2) is 23.2 Å². The topological polar surface area (TPSA) is 51.0 Å². The molecule has 0 fully saturated rings. The molecule has 0 aliphatic heterocycles. The maximum atomic E-state index is 5.23. The van der Waals surface area contributed by atoms with Crippen molar-refractivity contribution < 1.29 is 4.52 Å². The average Bonchev–Trinajstić information content (AvgIpc) is 2.85. The molecule has 1 aromatic carbocycles. The van der Waals surface area contributed by atoms with E-state index in [1.165, 1.54) is 4.90 Å². The Balaban J connectivity index is 1.92. The molecule has 0 saturated heterocycles. The summed E-state index contributed by atoms with van der Waals surface area (Å²) in [4.78, 5) is 5.57. The molecule has 1 atom stereocenters. The minimum Gasteiger partial charge on any atom is -0.339 e. The van der Waals surface area contributed by atoms with Gasteiger partial charge in [0, 0.05) is 21.8 Å². The SMILES string of the molecule is CNC(C)Cc1nc(CSc2ccccc2Br)no1. The number of hydrogen-bond donors (Lipinski definition) is 1. The molecule has 0 saturated carbocycles. The van der Waals surface area contributed by atoms with Gasteiger partial charge in [0.05, 0.1) is 5.75 Å². The van der Waals surface area contributed by atoms with Crippen LogP contribution in [0.15, 0.2) is 38.2 Å². The van der Waals surface area contributed by atoms with Gasteiger partial charge in [0.1, 0.15) is 0 Å². The second kappa shape index (κ2) is 7.07. The zero-order valence-corrected chi connectivity index (χ0v) is 13.3. The molecule has 2 aromatic rings. The second-order valence-corrected chi connectivity index (χ2v) is 6.09.